The van der Waals surface area contributed by atoms with Crippen LogP contribution in [0.1, 0.15) is 37.6 Å². The summed E-state index contributed by atoms with van der Waals surface area (Å²) in [5.74, 6) is -2.90. The van der Waals surface area contributed by atoms with E-state index in [1.54, 1.807) is 32.9 Å². The molecular formula is C19H22N2O6. The number of ether oxygens (including phenoxy) is 2. The van der Waals surface area contributed by atoms with E-state index in [9.17, 15) is 19.2 Å². The number of allylic oxidation sites excluding steroid dienone is 1. The molecule has 144 valence electrons. The van der Waals surface area contributed by atoms with Crippen molar-refractivity contribution in [2.45, 2.75) is 27.2 Å². The molecule has 0 fully saturated rings. The van der Waals surface area contributed by atoms with Gasteiger partial charge in [0.2, 0.25) is 11.8 Å². The van der Waals surface area contributed by atoms with Gasteiger partial charge in [-0.05, 0) is 45.0 Å². The Hall–Kier alpha value is -3.16. The molecule has 0 saturated heterocycles. The van der Waals surface area contributed by atoms with Gasteiger partial charge < -0.3 is 20.1 Å². The molecule has 1 heterocycles. The van der Waals surface area contributed by atoms with Crippen molar-refractivity contribution in [1.82, 2.24) is 5.32 Å². The molecule has 2 N–H and O–H groups in total. The second-order valence-corrected chi connectivity index (χ2v) is 5.85. The minimum atomic E-state index is -0.956. The number of hydrogen-bond acceptors (Lipinski definition) is 6. The van der Waals surface area contributed by atoms with Gasteiger partial charge in [-0.2, -0.15) is 0 Å². The second kappa shape index (κ2) is 8.98. The zero-order valence-corrected chi connectivity index (χ0v) is 15.5. The predicted octanol–water partition coefficient (Wildman–Crippen LogP) is 1.77. The lowest BCUT2D eigenvalue weighted by Gasteiger charge is -2.25. The lowest BCUT2D eigenvalue weighted by atomic mass is 9.89. The number of carbonyl (C=O) groups is 4. The molecule has 27 heavy (non-hydrogen) atoms. The van der Waals surface area contributed by atoms with Crippen molar-refractivity contribution >= 4 is 29.4 Å². The molecule has 2 rings (SSSR count). The van der Waals surface area contributed by atoms with Gasteiger partial charge in [0.15, 0.2) is 0 Å². The molecule has 0 saturated carbocycles. The maximum absolute atomic E-state index is 12.7. The van der Waals surface area contributed by atoms with Crippen molar-refractivity contribution in [2.24, 2.45) is 5.92 Å². The zero-order chi connectivity index (χ0) is 20.0. The highest BCUT2D eigenvalue weighted by molar-refractivity contribution is 6.06. The monoisotopic (exact) mass is 374 g/mol. The van der Waals surface area contributed by atoms with E-state index in [2.05, 4.69) is 10.6 Å². The Kier molecular flexibility index (Phi) is 6.70. The van der Waals surface area contributed by atoms with Crippen LogP contribution < -0.4 is 10.6 Å². The van der Waals surface area contributed by atoms with Gasteiger partial charge >= 0.3 is 11.9 Å². The van der Waals surface area contributed by atoms with Gasteiger partial charge in [0.1, 0.15) is 0 Å². The lowest BCUT2D eigenvalue weighted by Crippen LogP contribution is -2.40. The van der Waals surface area contributed by atoms with Crippen LogP contribution in [-0.4, -0.2) is 37.0 Å². The van der Waals surface area contributed by atoms with Gasteiger partial charge in [-0.3, -0.25) is 9.59 Å². The summed E-state index contributed by atoms with van der Waals surface area (Å²) < 4.78 is 9.91. The van der Waals surface area contributed by atoms with Gasteiger partial charge in [0, 0.05) is 17.8 Å². The van der Waals surface area contributed by atoms with Crippen LogP contribution in [0.3, 0.4) is 0 Å². The van der Waals surface area contributed by atoms with E-state index in [-0.39, 0.29) is 31.1 Å². The largest absolute Gasteiger partial charge is 0.463 e. The van der Waals surface area contributed by atoms with Gasteiger partial charge in [-0.15, -0.1) is 0 Å². The van der Waals surface area contributed by atoms with Crippen LogP contribution in [0.4, 0.5) is 5.69 Å². The quantitative estimate of drug-likeness (QED) is 0.734. The molecule has 0 radical (unpaired) electrons. The fourth-order valence-electron chi connectivity index (χ4n) is 2.74. The molecule has 1 aromatic carbocycles. The number of rotatable bonds is 6. The normalized spacial score (nSPS) is 16.4. The summed E-state index contributed by atoms with van der Waals surface area (Å²) in [6, 6.07) is 6.14. The van der Waals surface area contributed by atoms with E-state index in [0.29, 0.717) is 16.9 Å². The number of carbonyl (C=O) groups excluding carboxylic acids is 4. The molecule has 8 nitrogen and oxygen atoms in total. The summed E-state index contributed by atoms with van der Waals surface area (Å²) in [6.07, 6.45) is -0.155. The molecule has 0 aromatic heterocycles. The van der Waals surface area contributed by atoms with Crippen LogP contribution in [0.25, 0.3) is 0 Å². The fraction of sp³-hybridized carbons (Fsp3) is 0.368. The van der Waals surface area contributed by atoms with E-state index in [1.165, 1.54) is 12.1 Å². The SMILES string of the molecule is CCOC(=O)C1=C(C)NC(=O)C[C@@H]1C(=O)Nc1ccc(C(=O)OCC)cc1. The summed E-state index contributed by atoms with van der Waals surface area (Å²) in [6.45, 7) is 5.35. The minimum Gasteiger partial charge on any atom is -0.463 e. The highest BCUT2D eigenvalue weighted by Gasteiger charge is 2.36. The Morgan fingerprint density at radius 3 is 2.26 bits per heavy atom. The summed E-state index contributed by atoms with van der Waals surface area (Å²) in [5.41, 5.74) is 1.23. The predicted molar refractivity (Wildman–Crippen MR) is 96.6 cm³/mol. The average molecular weight is 374 g/mol. The number of esters is 2. The third kappa shape index (κ3) is 4.93. The van der Waals surface area contributed by atoms with E-state index < -0.39 is 23.8 Å². The Bertz CT molecular complexity index is 782. The first kappa shape index (κ1) is 20.2. The van der Waals surface area contributed by atoms with Crippen LogP contribution >= 0.6 is 0 Å². The average Bonchev–Trinajstić information content (AvgIpc) is 2.62. The molecule has 1 aliphatic rings. The fourth-order valence-corrected chi connectivity index (χ4v) is 2.74. The number of anilines is 1. The smallest absolute Gasteiger partial charge is 0.338 e. The second-order valence-electron chi connectivity index (χ2n) is 5.85. The van der Waals surface area contributed by atoms with Gasteiger partial charge in [-0.25, -0.2) is 9.59 Å². The number of nitrogens with one attached hydrogen (secondary N) is 2. The minimum absolute atomic E-state index is 0.136. The summed E-state index contributed by atoms with van der Waals surface area (Å²) >= 11 is 0. The molecule has 8 heteroatoms. The zero-order valence-electron chi connectivity index (χ0n) is 15.5. The van der Waals surface area contributed by atoms with Gasteiger partial charge in [0.25, 0.3) is 0 Å². The van der Waals surface area contributed by atoms with Crippen molar-refractivity contribution in [3.8, 4) is 0 Å². The Morgan fingerprint density at radius 2 is 1.67 bits per heavy atom. The van der Waals surface area contributed by atoms with Crippen molar-refractivity contribution in [3.05, 3.63) is 41.1 Å². The van der Waals surface area contributed by atoms with E-state index in [0.717, 1.165) is 0 Å². The topological polar surface area (TPSA) is 111 Å². The molecule has 1 aromatic rings. The first-order valence-electron chi connectivity index (χ1n) is 8.63. The van der Waals surface area contributed by atoms with Gasteiger partial charge in [-0.1, -0.05) is 0 Å². The Labute approximate surface area is 156 Å². The summed E-state index contributed by atoms with van der Waals surface area (Å²) in [7, 11) is 0. The lowest BCUT2D eigenvalue weighted by molar-refractivity contribution is -0.141. The standard InChI is InChI=1S/C19H22N2O6/c1-4-26-18(24)12-6-8-13(9-7-12)21-17(23)14-10-15(22)20-11(3)16(14)19(25)27-5-2/h6-9,14H,4-5,10H2,1-3H3,(H,20,22)(H,21,23)/t14-/m0/s1. The van der Waals surface area contributed by atoms with Crippen LogP contribution in [0.2, 0.25) is 0 Å². The third-order valence-electron chi connectivity index (χ3n) is 3.94. The first-order chi connectivity index (χ1) is 12.9. The number of hydrogen-bond donors (Lipinski definition) is 2. The van der Waals surface area contributed by atoms with Crippen molar-refractivity contribution in [2.75, 3.05) is 18.5 Å². The summed E-state index contributed by atoms with van der Waals surface area (Å²) in [5, 5.41) is 5.22. The maximum Gasteiger partial charge on any atom is 0.338 e. The Balaban J connectivity index is 2.17. The van der Waals surface area contributed by atoms with Crippen LogP contribution in [0.15, 0.2) is 35.5 Å². The molecular weight excluding hydrogens is 352 g/mol. The van der Waals surface area contributed by atoms with E-state index >= 15 is 0 Å². The summed E-state index contributed by atoms with van der Waals surface area (Å²) in [4.78, 5) is 48.4. The first-order valence-corrected chi connectivity index (χ1v) is 8.63. The van der Waals surface area contributed by atoms with E-state index in [4.69, 9.17) is 9.47 Å². The number of amides is 2. The molecule has 0 bridgehead atoms. The molecule has 0 spiro atoms. The molecule has 1 atom stereocenters. The highest BCUT2D eigenvalue weighted by atomic mass is 16.5. The van der Waals surface area contributed by atoms with Crippen molar-refractivity contribution in [3.63, 3.8) is 0 Å². The molecule has 1 aliphatic heterocycles. The van der Waals surface area contributed by atoms with E-state index in [1.807, 2.05) is 0 Å². The van der Waals surface area contributed by atoms with Crippen molar-refractivity contribution in [1.29, 1.82) is 0 Å². The molecule has 0 unspecified atom stereocenters. The van der Waals surface area contributed by atoms with Crippen molar-refractivity contribution < 1.29 is 28.7 Å². The Morgan fingerprint density at radius 1 is 1.07 bits per heavy atom. The van der Waals surface area contributed by atoms with Crippen LogP contribution in [0, 0.1) is 5.92 Å². The van der Waals surface area contributed by atoms with Gasteiger partial charge in [0.05, 0.1) is 30.3 Å². The van der Waals surface area contributed by atoms with Crippen LogP contribution in [-0.2, 0) is 23.9 Å². The molecule has 2 amide bonds. The number of benzene rings is 1. The third-order valence-corrected chi connectivity index (χ3v) is 3.94. The molecule has 0 aliphatic carbocycles. The maximum atomic E-state index is 12.7. The highest BCUT2D eigenvalue weighted by Crippen LogP contribution is 2.26. The van der Waals surface area contributed by atoms with Crippen LogP contribution in [0.5, 0.6) is 0 Å².